The molecule has 1 unspecified atom stereocenters. The van der Waals surface area contributed by atoms with Crippen LogP contribution in [0.2, 0.25) is 10.0 Å². The average molecular weight is 591 g/mol. The molecule has 1 atom stereocenters. The first kappa shape index (κ1) is 30.5. The minimum Gasteiger partial charge on any atom is -0.355 e. The lowest BCUT2D eigenvalue weighted by Crippen LogP contribution is -2.52. The second-order valence-corrected chi connectivity index (χ2v) is 11.8. The van der Waals surface area contributed by atoms with Gasteiger partial charge in [0.15, 0.2) is 0 Å². The van der Waals surface area contributed by atoms with Gasteiger partial charge in [0.1, 0.15) is 12.6 Å². The monoisotopic (exact) mass is 589 g/mol. The van der Waals surface area contributed by atoms with Crippen molar-refractivity contribution in [2.45, 2.75) is 51.6 Å². The quantitative estimate of drug-likeness (QED) is 0.308. The number of nitrogens with zero attached hydrogens (tertiary/aromatic N) is 2. The maximum Gasteiger partial charge on any atom is 0.264 e. The van der Waals surface area contributed by atoms with Crippen LogP contribution in [0.15, 0.2) is 71.6 Å². The molecule has 1 N–H and O–H groups in total. The zero-order valence-corrected chi connectivity index (χ0v) is 24.8. The minimum absolute atomic E-state index is 0.0511. The van der Waals surface area contributed by atoms with Gasteiger partial charge in [0.25, 0.3) is 10.0 Å². The molecule has 39 heavy (non-hydrogen) atoms. The summed E-state index contributed by atoms with van der Waals surface area (Å²) in [6, 6.07) is 17.4. The Hall–Kier alpha value is -3.07. The highest BCUT2D eigenvalue weighted by Crippen LogP contribution is 2.30. The Labute approximate surface area is 240 Å². The highest BCUT2D eigenvalue weighted by atomic mass is 35.5. The average Bonchev–Trinajstić information content (AvgIpc) is 2.91. The van der Waals surface area contributed by atoms with E-state index in [1.807, 2.05) is 19.9 Å². The first-order valence-electron chi connectivity index (χ1n) is 12.7. The van der Waals surface area contributed by atoms with Gasteiger partial charge in [-0.25, -0.2) is 8.42 Å². The number of benzene rings is 3. The molecule has 7 nitrogen and oxygen atoms in total. The van der Waals surface area contributed by atoms with E-state index in [0.29, 0.717) is 34.3 Å². The summed E-state index contributed by atoms with van der Waals surface area (Å²) in [5.74, 6) is -0.912. The van der Waals surface area contributed by atoms with Gasteiger partial charge in [-0.2, -0.15) is 0 Å². The fraction of sp³-hybridized carbons (Fsp3) is 0.310. The molecule has 3 aromatic carbocycles. The van der Waals surface area contributed by atoms with E-state index in [0.717, 1.165) is 15.4 Å². The number of rotatable bonds is 11. The maximum absolute atomic E-state index is 14.1. The SMILES string of the molecule is CCNC(=O)C(CC)N(Cc1c(Cl)cccc1Cl)C(=O)CN(c1cccc(C)c1C)S(=O)(=O)c1ccccc1. The smallest absolute Gasteiger partial charge is 0.264 e. The molecule has 0 radical (unpaired) electrons. The molecule has 3 aromatic rings. The van der Waals surface area contributed by atoms with Gasteiger partial charge in [-0.05, 0) is 68.7 Å². The molecule has 2 amide bonds. The number of anilines is 1. The van der Waals surface area contributed by atoms with Crippen LogP contribution in [0, 0.1) is 13.8 Å². The van der Waals surface area contributed by atoms with Gasteiger partial charge >= 0.3 is 0 Å². The fourth-order valence-corrected chi connectivity index (χ4v) is 6.31. The molecule has 3 rings (SSSR count). The van der Waals surface area contributed by atoms with Crippen LogP contribution in [-0.4, -0.2) is 44.3 Å². The third kappa shape index (κ3) is 6.93. The molecular formula is C29H33Cl2N3O4S. The Morgan fingerprint density at radius 1 is 0.897 bits per heavy atom. The number of nitrogens with one attached hydrogen (secondary N) is 1. The number of aryl methyl sites for hydroxylation is 1. The van der Waals surface area contributed by atoms with E-state index < -0.39 is 28.5 Å². The van der Waals surface area contributed by atoms with Crippen LogP contribution < -0.4 is 9.62 Å². The summed E-state index contributed by atoms with van der Waals surface area (Å²) in [5.41, 5.74) is 2.46. The molecule has 0 saturated carbocycles. The lowest BCUT2D eigenvalue weighted by atomic mass is 10.1. The van der Waals surface area contributed by atoms with Crippen LogP contribution in [0.4, 0.5) is 5.69 Å². The summed E-state index contributed by atoms with van der Waals surface area (Å²) in [6.45, 7) is 7.04. The van der Waals surface area contributed by atoms with Gasteiger partial charge in [0, 0.05) is 28.7 Å². The van der Waals surface area contributed by atoms with Gasteiger partial charge in [0.2, 0.25) is 11.8 Å². The predicted molar refractivity (Wildman–Crippen MR) is 157 cm³/mol. The Kier molecular flexibility index (Phi) is 10.4. The molecule has 208 valence electrons. The topological polar surface area (TPSA) is 86.8 Å². The molecule has 0 fully saturated rings. The van der Waals surface area contributed by atoms with E-state index in [2.05, 4.69) is 5.32 Å². The maximum atomic E-state index is 14.1. The number of amides is 2. The summed E-state index contributed by atoms with van der Waals surface area (Å²) in [6.07, 6.45) is 0.300. The van der Waals surface area contributed by atoms with Crippen molar-refractivity contribution in [3.8, 4) is 0 Å². The third-order valence-corrected chi connectivity index (χ3v) is 9.06. The normalized spacial score (nSPS) is 12.1. The van der Waals surface area contributed by atoms with E-state index in [-0.39, 0.29) is 17.3 Å². The number of hydrogen-bond acceptors (Lipinski definition) is 4. The molecule has 0 heterocycles. The highest BCUT2D eigenvalue weighted by Gasteiger charge is 2.34. The number of likely N-dealkylation sites (N-methyl/N-ethyl adjacent to an activating group) is 1. The van der Waals surface area contributed by atoms with Gasteiger partial charge in [-0.1, -0.05) is 66.5 Å². The van der Waals surface area contributed by atoms with Crippen molar-refractivity contribution in [1.82, 2.24) is 10.2 Å². The Bertz CT molecular complexity index is 1410. The van der Waals surface area contributed by atoms with Gasteiger partial charge in [-0.3, -0.25) is 13.9 Å². The van der Waals surface area contributed by atoms with Gasteiger partial charge in [0.05, 0.1) is 10.6 Å². The second kappa shape index (κ2) is 13.3. The Balaban J connectivity index is 2.13. The van der Waals surface area contributed by atoms with E-state index in [1.54, 1.807) is 62.4 Å². The highest BCUT2D eigenvalue weighted by molar-refractivity contribution is 7.92. The Morgan fingerprint density at radius 2 is 1.51 bits per heavy atom. The van der Waals surface area contributed by atoms with Crippen molar-refractivity contribution in [2.75, 3.05) is 17.4 Å². The molecule has 0 aliphatic carbocycles. The van der Waals surface area contributed by atoms with Crippen LogP contribution in [0.3, 0.4) is 0 Å². The zero-order chi connectivity index (χ0) is 28.7. The molecule has 0 saturated heterocycles. The minimum atomic E-state index is -4.14. The second-order valence-electron chi connectivity index (χ2n) is 9.08. The van der Waals surface area contributed by atoms with Crippen LogP contribution in [0.5, 0.6) is 0 Å². The largest absolute Gasteiger partial charge is 0.355 e. The molecule has 0 bridgehead atoms. The number of sulfonamides is 1. The van der Waals surface area contributed by atoms with Crippen molar-refractivity contribution < 1.29 is 18.0 Å². The zero-order valence-electron chi connectivity index (χ0n) is 22.4. The van der Waals surface area contributed by atoms with Crippen molar-refractivity contribution >= 4 is 50.7 Å². The van der Waals surface area contributed by atoms with Crippen molar-refractivity contribution in [3.63, 3.8) is 0 Å². The number of hydrogen-bond donors (Lipinski definition) is 1. The number of halogens is 2. The van der Waals surface area contributed by atoms with Crippen LogP contribution in [-0.2, 0) is 26.2 Å². The molecule has 0 aromatic heterocycles. The van der Waals surface area contributed by atoms with E-state index in [1.165, 1.54) is 17.0 Å². The van der Waals surface area contributed by atoms with Gasteiger partial charge < -0.3 is 10.2 Å². The first-order valence-corrected chi connectivity index (χ1v) is 14.9. The summed E-state index contributed by atoms with van der Waals surface area (Å²) >= 11 is 12.9. The van der Waals surface area contributed by atoms with Crippen LogP contribution in [0.1, 0.15) is 37.0 Å². The number of carbonyl (C=O) groups is 2. The van der Waals surface area contributed by atoms with Crippen LogP contribution >= 0.6 is 23.2 Å². The predicted octanol–water partition coefficient (Wildman–Crippen LogP) is 5.75. The summed E-state index contributed by atoms with van der Waals surface area (Å²) < 4.78 is 29.0. The molecular weight excluding hydrogens is 557 g/mol. The lowest BCUT2D eigenvalue weighted by molar-refractivity contribution is -0.140. The molecule has 10 heteroatoms. The Morgan fingerprint density at radius 3 is 2.10 bits per heavy atom. The molecule has 0 aliphatic heterocycles. The van der Waals surface area contributed by atoms with E-state index in [4.69, 9.17) is 23.2 Å². The van der Waals surface area contributed by atoms with Crippen molar-refractivity contribution in [1.29, 1.82) is 0 Å². The lowest BCUT2D eigenvalue weighted by Gasteiger charge is -2.34. The van der Waals surface area contributed by atoms with Crippen molar-refractivity contribution in [2.24, 2.45) is 0 Å². The number of carbonyl (C=O) groups excluding carboxylic acids is 2. The standard InChI is InChI=1S/C29H33Cl2N3O4S/c1-5-26(29(36)32-6-2)33(18-23-24(30)15-11-16-25(23)31)28(35)19-34(27-17-10-12-20(3)21(27)4)39(37,38)22-13-8-7-9-14-22/h7-17,26H,5-6,18-19H2,1-4H3,(H,32,36). The fourth-order valence-electron chi connectivity index (χ4n) is 4.30. The molecule has 0 spiro atoms. The first-order chi connectivity index (χ1) is 18.5. The van der Waals surface area contributed by atoms with E-state index >= 15 is 0 Å². The summed E-state index contributed by atoms with van der Waals surface area (Å²) in [7, 11) is -4.14. The van der Waals surface area contributed by atoms with Gasteiger partial charge in [-0.15, -0.1) is 0 Å². The van der Waals surface area contributed by atoms with Crippen molar-refractivity contribution in [3.05, 3.63) is 93.5 Å². The molecule has 0 aliphatic rings. The van der Waals surface area contributed by atoms with Crippen LogP contribution in [0.25, 0.3) is 0 Å². The summed E-state index contributed by atoms with van der Waals surface area (Å²) in [5, 5.41) is 3.46. The van der Waals surface area contributed by atoms with E-state index in [9.17, 15) is 18.0 Å². The summed E-state index contributed by atoms with van der Waals surface area (Å²) in [4.78, 5) is 28.6. The third-order valence-electron chi connectivity index (χ3n) is 6.58.